The molecule has 0 spiro atoms. The Balaban J connectivity index is 2.85. The van der Waals surface area contributed by atoms with Gasteiger partial charge in [0.2, 0.25) is 10.0 Å². The number of nitrogens with zero attached hydrogens (tertiary/aromatic N) is 1. The minimum atomic E-state index is -3.24. The number of hydrogen-bond donors (Lipinski definition) is 1. The molecule has 0 bridgehead atoms. The average Bonchev–Trinajstić information content (AvgIpc) is 2.28. The van der Waals surface area contributed by atoms with Gasteiger partial charge in [-0.1, -0.05) is 26.0 Å². The maximum absolute atomic E-state index is 12.3. The van der Waals surface area contributed by atoms with E-state index in [4.69, 9.17) is 5.73 Å². The lowest BCUT2D eigenvalue weighted by Crippen LogP contribution is -2.33. The number of anilines is 1. The fraction of sp³-hybridized carbons (Fsp3) is 0.538. The van der Waals surface area contributed by atoms with Crippen molar-refractivity contribution >= 4 is 15.7 Å². The molecule has 0 atom stereocenters. The van der Waals surface area contributed by atoms with Gasteiger partial charge in [0.05, 0.1) is 5.75 Å². The lowest BCUT2D eigenvalue weighted by atomic mass is 10.2. The van der Waals surface area contributed by atoms with Crippen LogP contribution in [0.25, 0.3) is 0 Å². The first-order valence-corrected chi connectivity index (χ1v) is 7.92. The third kappa shape index (κ3) is 4.31. The van der Waals surface area contributed by atoms with Gasteiger partial charge in [0.25, 0.3) is 0 Å². The number of rotatable bonds is 7. The lowest BCUT2D eigenvalue weighted by molar-refractivity contribution is 0.409. The highest BCUT2D eigenvalue weighted by atomic mass is 32.2. The van der Waals surface area contributed by atoms with Crippen molar-refractivity contribution in [1.82, 2.24) is 4.31 Å². The molecule has 2 N–H and O–H groups in total. The van der Waals surface area contributed by atoms with Gasteiger partial charge in [-0.2, -0.15) is 0 Å². The van der Waals surface area contributed by atoms with E-state index in [9.17, 15) is 8.42 Å². The smallest absolute Gasteiger partial charge is 0.218 e. The molecule has 0 aliphatic carbocycles. The van der Waals surface area contributed by atoms with Crippen LogP contribution in [0.2, 0.25) is 0 Å². The van der Waals surface area contributed by atoms with E-state index in [-0.39, 0.29) is 5.75 Å². The first-order chi connectivity index (χ1) is 8.49. The third-order valence-corrected chi connectivity index (χ3v) is 4.49. The molecule has 102 valence electrons. The van der Waals surface area contributed by atoms with Crippen LogP contribution in [-0.2, 0) is 15.8 Å². The fourth-order valence-electron chi connectivity index (χ4n) is 1.87. The molecular weight excluding hydrogens is 248 g/mol. The molecule has 1 rings (SSSR count). The molecule has 1 aromatic carbocycles. The summed E-state index contributed by atoms with van der Waals surface area (Å²) in [5.41, 5.74) is 7.00. The SMILES string of the molecule is CCCN(CCC)S(=O)(=O)Cc1cccc(N)c1. The van der Waals surface area contributed by atoms with Crippen LogP contribution in [0.3, 0.4) is 0 Å². The molecule has 18 heavy (non-hydrogen) atoms. The molecule has 0 unspecified atom stereocenters. The van der Waals surface area contributed by atoms with Gasteiger partial charge in [0, 0.05) is 18.8 Å². The van der Waals surface area contributed by atoms with Gasteiger partial charge in [-0.3, -0.25) is 0 Å². The van der Waals surface area contributed by atoms with Crippen LogP contribution in [0.4, 0.5) is 5.69 Å². The van der Waals surface area contributed by atoms with E-state index in [0.717, 1.165) is 18.4 Å². The summed E-state index contributed by atoms with van der Waals surface area (Å²) in [5.74, 6) is 0.0258. The quantitative estimate of drug-likeness (QED) is 0.773. The Morgan fingerprint density at radius 1 is 1.17 bits per heavy atom. The van der Waals surface area contributed by atoms with Crippen molar-refractivity contribution < 1.29 is 8.42 Å². The molecule has 0 amide bonds. The minimum Gasteiger partial charge on any atom is -0.399 e. The predicted molar refractivity (Wildman–Crippen MR) is 75.6 cm³/mol. The second kappa shape index (κ2) is 6.75. The molecule has 0 aromatic heterocycles. The number of sulfonamides is 1. The van der Waals surface area contributed by atoms with Gasteiger partial charge < -0.3 is 5.73 Å². The molecule has 0 aliphatic rings. The Hall–Kier alpha value is -1.07. The molecule has 4 nitrogen and oxygen atoms in total. The Morgan fingerprint density at radius 2 is 1.78 bits per heavy atom. The summed E-state index contributed by atoms with van der Waals surface area (Å²) < 4.78 is 26.1. The van der Waals surface area contributed by atoms with Gasteiger partial charge >= 0.3 is 0 Å². The highest BCUT2D eigenvalue weighted by molar-refractivity contribution is 7.88. The summed E-state index contributed by atoms with van der Waals surface area (Å²) in [5, 5.41) is 0. The first-order valence-electron chi connectivity index (χ1n) is 6.31. The van der Waals surface area contributed by atoms with Crippen LogP contribution < -0.4 is 5.73 Å². The highest BCUT2D eigenvalue weighted by Gasteiger charge is 2.20. The van der Waals surface area contributed by atoms with Crippen molar-refractivity contribution in [3.05, 3.63) is 29.8 Å². The Morgan fingerprint density at radius 3 is 2.28 bits per heavy atom. The van der Waals surface area contributed by atoms with Crippen LogP contribution in [0.1, 0.15) is 32.3 Å². The second-order valence-electron chi connectivity index (χ2n) is 4.40. The van der Waals surface area contributed by atoms with Crippen molar-refractivity contribution in [1.29, 1.82) is 0 Å². The van der Waals surface area contributed by atoms with Gasteiger partial charge in [-0.15, -0.1) is 0 Å². The molecule has 0 saturated carbocycles. The van der Waals surface area contributed by atoms with E-state index in [1.165, 1.54) is 0 Å². The summed E-state index contributed by atoms with van der Waals surface area (Å²) >= 11 is 0. The van der Waals surface area contributed by atoms with E-state index < -0.39 is 10.0 Å². The normalized spacial score (nSPS) is 11.9. The van der Waals surface area contributed by atoms with Gasteiger partial charge in [-0.05, 0) is 30.5 Å². The van der Waals surface area contributed by atoms with Crippen LogP contribution in [0.5, 0.6) is 0 Å². The summed E-state index contributed by atoms with van der Waals surface area (Å²) in [6, 6.07) is 7.05. The number of benzene rings is 1. The number of nitrogen functional groups attached to an aromatic ring is 1. The molecule has 0 saturated heterocycles. The monoisotopic (exact) mass is 270 g/mol. The third-order valence-electron chi connectivity index (χ3n) is 2.64. The van der Waals surface area contributed by atoms with Crippen molar-refractivity contribution in [2.24, 2.45) is 0 Å². The molecular formula is C13H22N2O2S. The Labute approximate surface area is 110 Å². The number of hydrogen-bond acceptors (Lipinski definition) is 3. The maximum atomic E-state index is 12.3. The van der Waals surface area contributed by atoms with E-state index in [1.807, 2.05) is 13.8 Å². The van der Waals surface area contributed by atoms with Gasteiger partial charge in [0.1, 0.15) is 0 Å². The summed E-state index contributed by atoms with van der Waals surface area (Å²) in [4.78, 5) is 0. The molecule has 0 radical (unpaired) electrons. The summed E-state index contributed by atoms with van der Waals surface area (Å²) in [6.45, 7) is 5.13. The van der Waals surface area contributed by atoms with E-state index in [2.05, 4.69) is 0 Å². The van der Waals surface area contributed by atoms with Crippen LogP contribution in [-0.4, -0.2) is 25.8 Å². The summed E-state index contributed by atoms with van der Waals surface area (Å²) in [7, 11) is -3.24. The topological polar surface area (TPSA) is 63.4 Å². The summed E-state index contributed by atoms with van der Waals surface area (Å²) in [6.07, 6.45) is 1.66. The van der Waals surface area contributed by atoms with Crippen LogP contribution in [0.15, 0.2) is 24.3 Å². The standard InChI is InChI=1S/C13H22N2O2S/c1-3-8-15(9-4-2)18(16,17)11-12-6-5-7-13(14)10-12/h5-7,10H,3-4,8-9,11,14H2,1-2H3. The zero-order valence-corrected chi connectivity index (χ0v) is 11.9. The second-order valence-corrected chi connectivity index (χ2v) is 6.37. The van der Waals surface area contributed by atoms with Crippen molar-refractivity contribution in [3.63, 3.8) is 0 Å². The first kappa shape index (κ1) is 15.0. The predicted octanol–water partition coefficient (Wildman–Crippen LogP) is 2.22. The van der Waals surface area contributed by atoms with Crippen LogP contribution in [0, 0.1) is 0 Å². The molecule has 0 aliphatic heterocycles. The highest BCUT2D eigenvalue weighted by Crippen LogP contribution is 2.14. The van der Waals surface area contributed by atoms with E-state index in [0.29, 0.717) is 18.8 Å². The zero-order valence-electron chi connectivity index (χ0n) is 11.1. The molecule has 0 heterocycles. The Kier molecular flexibility index (Phi) is 5.62. The van der Waals surface area contributed by atoms with E-state index in [1.54, 1.807) is 28.6 Å². The van der Waals surface area contributed by atoms with Crippen molar-refractivity contribution in [2.75, 3.05) is 18.8 Å². The van der Waals surface area contributed by atoms with Gasteiger partial charge in [0.15, 0.2) is 0 Å². The van der Waals surface area contributed by atoms with Crippen LogP contribution >= 0.6 is 0 Å². The van der Waals surface area contributed by atoms with Crippen molar-refractivity contribution in [3.8, 4) is 0 Å². The van der Waals surface area contributed by atoms with E-state index >= 15 is 0 Å². The Bertz CT molecular complexity index is 466. The van der Waals surface area contributed by atoms with Gasteiger partial charge in [-0.25, -0.2) is 12.7 Å². The average molecular weight is 270 g/mol. The molecule has 5 heteroatoms. The maximum Gasteiger partial charge on any atom is 0.218 e. The number of nitrogens with two attached hydrogens (primary N) is 1. The largest absolute Gasteiger partial charge is 0.399 e. The molecule has 0 fully saturated rings. The fourth-order valence-corrected chi connectivity index (χ4v) is 3.58. The minimum absolute atomic E-state index is 0.0258. The lowest BCUT2D eigenvalue weighted by Gasteiger charge is -2.21. The van der Waals surface area contributed by atoms with Crippen molar-refractivity contribution in [2.45, 2.75) is 32.4 Å². The molecule has 1 aromatic rings. The zero-order chi connectivity index (χ0) is 13.6.